The average Bonchev–Trinajstić information content (AvgIpc) is 3.88. The molecule has 270 valence electrons. The minimum absolute atomic E-state index is 0.592. The van der Waals surface area contributed by atoms with Gasteiger partial charge in [-0.2, -0.15) is 0 Å². The Hall–Kier alpha value is -7.47. The normalized spacial score (nSPS) is 11.8. The molecule has 0 unspecified atom stereocenters. The predicted molar refractivity (Wildman–Crippen MR) is 242 cm³/mol. The van der Waals surface area contributed by atoms with Crippen LogP contribution in [0.15, 0.2) is 192 Å². The fourth-order valence-corrected chi connectivity index (χ4v) is 9.97. The molecule has 0 aliphatic rings. The van der Waals surface area contributed by atoms with E-state index in [0.29, 0.717) is 17.5 Å². The summed E-state index contributed by atoms with van der Waals surface area (Å²) in [6.07, 6.45) is 0. The van der Waals surface area contributed by atoms with Crippen LogP contribution >= 0.6 is 11.3 Å². The topological polar surface area (TPSA) is 51.8 Å². The van der Waals surface area contributed by atoms with Crippen LogP contribution in [0.5, 0.6) is 0 Å². The maximum Gasteiger partial charge on any atom is 0.164 e. The summed E-state index contributed by atoms with van der Waals surface area (Å²) in [6.45, 7) is 0. The summed E-state index contributed by atoms with van der Waals surface area (Å²) in [7, 11) is 0. The number of para-hydroxylation sites is 1. The first-order valence-electron chi connectivity index (χ1n) is 19.4. The van der Waals surface area contributed by atoms with Crippen LogP contribution in [0.25, 0.3) is 120 Å². The highest BCUT2D eigenvalue weighted by Gasteiger charge is 2.22. The molecule has 9 aromatic carbocycles. The fourth-order valence-electron chi connectivity index (χ4n) is 8.60. The van der Waals surface area contributed by atoms with Gasteiger partial charge in [-0.1, -0.05) is 176 Å². The van der Waals surface area contributed by atoms with Crippen molar-refractivity contribution in [2.45, 2.75) is 0 Å². The molecule has 4 nitrogen and oxygen atoms in total. The molecule has 0 bridgehead atoms. The minimum atomic E-state index is 0.592. The van der Waals surface area contributed by atoms with Gasteiger partial charge < -0.3 is 4.42 Å². The first-order valence-corrected chi connectivity index (χ1v) is 20.2. The second-order valence-electron chi connectivity index (χ2n) is 14.7. The number of hydrogen-bond acceptors (Lipinski definition) is 5. The highest BCUT2D eigenvalue weighted by atomic mass is 32.1. The number of nitrogens with zero attached hydrogens (tertiary/aromatic N) is 3. The van der Waals surface area contributed by atoms with Crippen molar-refractivity contribution < 1.29 is 4.42 Å². The largest absolute Gasteiger partial charge is 0.455 e. The standard InChI is InChI=1S/C53H31N3OS/c1-2-15-34(16-3-1)51-54-52(43-20-9-8-19-39(43)40-22-11-23-41-42-30-29-33-14-6-7-18-38(33)49(42)58-50(40)41)56-53(55-51)45-25-12-26-46-47(45)44-24-10-21-37(48(44)57-46)36-28-27-32-13-4-5-17-35(32)31-36/h1-31H. The molecule has 3 aromatic heterocycles. The van der Waals surface area contributed by atoms with Crippen molar-refractivity contribution in [1.82, 2.24) is 15.0 Å². The molecule has 3 heterocycles. The van der Waals surface area contributed by atoms with E-state index in [9.17, 15) is 0 Å². The summed E-state index contributed by atoms with van der Waals surface area (Å²) in [6, 6.07) is 66.1. The number of furan rings is 1. The van der Waals surface area contributed by atoms with Gasteiger partial charge in [0, 0.05) is 58.8 Å². The molecule has 0 fully saturated rings. The fraction of sp³-hybridized carbons (Fsp3) is 0. The molecule has 0 aliphatic carbocycles. The molecule has 0 saturated carbocycles. The Bertz CT molecular complexity index is 3590. The van der Waals surface area contributed by atoms with E-state index in [4.69, 9.17) is 19.4 Å². The Morgan fingerprint density at radius 3 is 1.83 bits per heavy atom. The molecule has 0 radical (unpaired) electrons. The smallest absolute Gasteiger partial charge is 0.164 e. The van der Waals surface area contributed by atoms with Gasteiger partial charge in [0.1, 0.15) is 11.2 Å². The molecule has 5 heteroatoms. The molecule has 0 spiro atoms. The number of aromatic nitrogens is 3. The van der Waals surface area contributed by atoms with Gasteiger partial charge in [-0.15, -0.1) is 11.3 Å². The van der Waals surface area contributed by atoms with Crippen LogP contribution in [0.4, 0.5) is 0 Å². The van der Waals surface area contributed by atoms with Gasteiger partial charge >= 0.3 is 0 Å². The molecule has 0 saturated heterocycles. The predicted octanol–water partition coefficient (Wildman–Crippen LogP) is 14.8. The zero-order valence-electron chi connectivity index (χ0n) is 31.1. The van der Waals surface area contributed by atoms with Gasteiger partial charge in [0.05, 0.1) is 0 Å². The van der Waals surface area contributed by atoms with Crippen LogP contribution in [0, 0.1) is 0 Å². The third-order valence-corrected chi connectivity index (χ3v) is 12.6. The Morgan fingerprint density at radius 2 is 0.948 bits per heavy atom. The van der Waals surface area contributed by atoms with Crippen molar-refractivity contribution in [2.75, 3.05) is 0 Å². The summed E-state index contributed by atoms with van der Waals surface area (Å²) in [4.78, 5) is 15.8. The molecule has 0 N–H and O–H groups in total. The molecule has 12 aromatic rings. The van der Waals surface area contributed by atoms with Crippen LogP contribution in [-0.2, 0) is 0 Å². The van der Waals surface area contributed by atoms with E-state index in [1.165, 1.54) is 41.7 Å². The van der Waals surface area contributed by atoms with Crippen molar-refractivity contribution in [2.24, 2.45) is 0 Å². The van der Waals surface area contributed by atoms with Crippen LogP contribution in [0.2, 0.25) is 0 Å². The molecular formula is C53H31N3OS. The highest BCUT2D eigenvalue weighted by Crippen LogP contribution is 2.45. The minimum Gasteiger partial charge on any atom is -0.455 e. The number of benzene rings is 9. The second kappa shape index (κ2) is 13.1. The van der Waals surface area contributed by atoms with Crippen molar-refractivity contribution in [3.8, 4) is 56.4 Å². The Balaban J connectivity index is 1.07. The zero-order valence-corrected chi connectivity index (χ0v) is 31.9. The average molecular weight is 758 g/mol. The first-order chi connectivity index (χ1) is 28.7. The second-order valence-corrected chi connectivity index (χ2v) is 15.7. The number of thiophene rings is 1. The molecule has 12 rings (SSSR count). The summed E-state index contributed by atoms with van der Waals surface area (Å²) in [5, 5.41) is 9.45. The molecule has 0 amide bonds. The van der Waals surface area contributed by atoms with Gasteiger partial charge in [0.2, 0.25) is 0 Å². The molecule has 58 heavy (non-hydrogen) atoms. The van der Waals surface area contributed by atoms with Crippen molar-refractivity contribution >= 4 is 75.0 Å². The van der Waals surface area contributed by atoms with E-state index < -0.39 is 0 Å². The summed E-state index contributed by atoms with van der Waals surface area (Å²) in [5.74, 6) is 1.82. The monoisotopic (exact) mass is 757 g/mol. The first kappa shape index (κ1) is 32.7. The van der Waals surface area contributed by atoms with Gasteiger partial charge in [0.15, 0.2) is 17.5 Å². The third kappa shape index (κ3) is 5.18. The highest BCUT2D eigenvalue weighted by molar-refractivity contribution is 7.27. The lowest BCUT2D eigenvalue weighted by molar-refractivity contribution is 0.670. The zero-order chi connectivity index (χ0) is 38.2. The van der Waals surface area contributed by atoms with Crippen LogP contribution < -0.4 is 0 Å². The quantitative estimate of drug-likeness (QED) is 0.175. The van der Waals surface area contributed by atoms with Crippen LogP contribution in [-0.4, -0.2) is 15.0 Å². The molecule has 0 aliphatic heterocycles. The van der Waals surface area contributed by atoms with E-state index in [1.807, 2.05) is 41.7 Å². The number of rotatable bonds is 5. The summed E-state index contributed by atoms with van der Waals surface area (Å²) < 4.78 is 9.29. The van der Waals surface area contributed by atoms with E-state index in [1.54, 1.807) is 0 Å². The van der Waals surface area contributed by atoms with Crippen molar-refractivity contribution in [3.63, 3.8) is 0 Å². The van der Waals surface area contributed by atoms with E-state index in [-0.39, 0.29) is 0 Å². The van der Waals surface area contributed by atoms with Crippen LogP contribution in [0.1, 0.15) is 0 Å². The van der Waals surface area contributed by atoms with Gasteiger partial charge in [-0.3, -0.25) is 0 Å². The third-order valence-electron chi connectivity index (χ3n) is 11.3. The Morgan fingerprint density at radius 1 is 0.345 bits per heavy atom. The van der Waals surface area contributed by atoms with E-state index in [0.717, 1.165) is 60.9 Å². The lowest BCUT2D eigenvalue weighted by atomic mass is 9.97. The summed E-state index contributed by atoms with van der Waals surface area (Å²) >= 11 is 1.86. The maximum absolute atomic E-state index is 6.74. The maximum atomic E-state index is 6.74. The van der Waals surface area contributed by atoms with E-state index in [2.05, 4.69) is 158 Å². The molecule has 0 atom stereocenters. The van der Waals surface area contributed by atoms with Gasteiger partial charge in [-0.05, 0) is 44.8 Å². The number of fused-ring (bicyclic) bond motifs is 9. The van der Waals surface area contributed by atoms with Gasteiger partial charge in [0.25, 0.3) is 0 Å². The van der Waals surface area contributed by atoms with E-state index >= 15 is 0 Å². The SMILES string of the molecule is c1ccc(-c2nc(-c3ccccc3-c3cccc4c3sc3c5ccccc5ccc43)nc(-c3cccc4oc5c(-c6ccc7ccccc7c6)cccc5c34)n2)cc1. The molecular weight excluding hydrogens is 727 g/mol. The Kier molecular flexibility index (Phi) is 7.37. The van der Waals surface area contributed by atoms with Crippen molar-refractivity contribution in [1.29, 1.82) is 0 Å². The lowest BCUT2D eigenvalue weighted by Crippen LogP contribution is -2.01. The van der Waals surface area contributed by atoms with Gasteiger partial charge in [-0.25, -0.2) is 15.0 Å². The summed E-state index contributed by atoms with van der Waals surface area (Å²) in [5.41, 5.74) is 8.77. The van der Waals surface area contributed by atoms with Crippen LogP contribution in [0.3, 0.4) is 0 Å². The van der Waals surface area contributed by atoms with Crippen molar-refractivity contribution in [3.05, 3.63) is 188 Å². The Labute approximate surface area is 337 Å². The lowest BCUT2D eigenvalue weighted by Gasteiger charge is -2.13. The number of hydrogen-bond donors (Lipinski definition) is 0.